The van der Waals surface area contributed by atoms with Crippen LogP contribution < -0.4 is 5.32 Å². The van der Waals surface area contributed by atoms with Crippen LogP contribution in [0.5, 0.6) is 0 Å². The summed E-state index contributed by atoms with van der Waals surface area (Å²) in [5, 5.41) is 4.62. The fourth-order valence-electron chi connectivity index (χ4n) is 4.94. The van der Waals surface area contributed by atoms with Gasteiger partial charge in [-0.1, -0.05) is 30.3 Å². The molecule has 164 valence electrons. The second-order valence-corrected chi connectivity index (χ2v) is 10.0. The molecule has 0 saturated carbocycles. The number of aromatic nitrogens is 2. The average molecular weight is 453 g/mol. The third-order valence-electron chi connectivity index (χ3n) is 6.83. The largest absolute Gasteiger partial charge is 0.340 e. The number of rotatable bonds is 5. The minimum atomic E-state index is 0.0746. The molecule has 5 nitrogen and oxygen atoms in total. The maximum atomic E-state index is 13.1. The number of fused-ring (bicyclic) bond motifs is 4. The number of nitrogens with zero attached hydrogens (tertiary/aromatic N) is 3. The summed E-state index contributed by atoms with van der Waals surface area (Å²) in [4.78, 5) is 28.9. The Kier molecular flexibility index (Phi) is 5.03. The number of anilines is 2. The van der Waals surface area contributed by atoms with Crippen LogP contribution in [0.1, 0.15) is 39.1 Å². The predicted molar refractivity (Wildman–Crippen MR) is 134 cm³/mol. The zero-order valence-electron chi connectivity index (χ0n) is 18.5. The Balaban J connectivity index is 1.27. The number of carbonyl (C=O) groups excluding carboxylic acids is 1. The van der Waals surface area contributed by atoms with Crippen molar-refractivity contribution in [2.24, 2.45) is 10.9 Å². The fourth-order valence-corrected chi connectivity index (χ4v) is 6.20. The number of thiophene rings is 1. The van der Waals surface area contributed by atoms with Crippen molar-refractivity contribution in [2.45, 2.75) is 39.2 Å². The highest BCUT2D eigenvalue weighted by Crippen LogP contribution is 2.41. The first-order valence-corrected chi connectivity index (χ1v) is 12.2. The van der Waals surface area contributed by atoms with E-state index in [-0.39, 0.29) is 5.92 Å². The summed E-state index contributed by atoms with van der Waals surface area (Å²) in [6.07, 6.45) is 6.64. The normalized spacial score (nSPS) is 16.6. The summed E-state index contributed by atoms with van der Waals surface area (Å²) in [6.45, 7) is 2.84. The zero-order chi connectivity index (χ0) is 22.4. The summed E-state index contributed by atoms with van der Waals surface area (Å²) in [6, 6.07) is 14.5. The molecule has 0 fully saturated rings. The van der Waals surface area contributed by atoms with Crippen LogP contribution >= 0.6 is 11.3 Å². The highest BCUT2D eigenvalue weighted by atomic mass is 32.1. The zero-order valence-corrected chi connectivity index (χ0v) is 19.3. The summed E-state index contributed by atoms with van der Waals surface area (Å²) < 4.78 is 0. The van der Waals surface area contributed by atoms with E-state index in [0.29, 0.717) is 12.2 Å². The van der Waals surface area contributed by atoms with Crippen LogP contribution in [0.25, 0.3) is 10.2 Å². The molecule has 1 N–H and O–H groups in total. The number of ketones is 1. The minimum absolute atomic E-state index is 0.0746. The van der Waals surface area contributed by atoms with Gasteiger partial charge in [0.05, 0.1) is 11.9 Å². The summed E-state index contributed by atoms with van der Waals surface area (Å²) in [5.74, 6) is 1.26. The Bertz CT molecular complexity index is 1420. The maximum absolute atomic E-state index is 13.1. The van der Waals surface area contributed by atoms with Crippen LogP contribution in [0.2, 0.25) is 0 Å². The number of hydrogen-bond acceptors (Lipinski definition) is 6. The van der Waals surface area contributed by atoms with Crippen molar-refractivity contribution in [1.82, 2.24) is 9.97 Å². The number of hydrogen-bond donors (Lipinski definition) is 1. The van der Waals surface area contributed by atoms with Crippen molar-refractivity contribution >= 4 is 45.1 Å². The lowest BCUT2D eigenvalue weighted by molar-refractivity contribution is -0.122. The second-order valence-electron chi connectivity index (χ2n) is 8.92. The number of aryl methyl sites for hydroxylation is 2. The molecule has 1 aliphatic carbocycles. The van der Waals surface area contributed by atoms with E-state index < -0.39 is 0 Å². The van der Waals surface area contributed by atoms with E-state index in [1.54, 1.807) is 17.7 Å². The van der Waals surface area contributed by atoms with Crippen LogP contribution in [0.15, 0.2) is 53.8 Å². The molecule has 6 rings (SSSR count). The van der Waals surface area contributed by atoms with Gasteiger partial charge < -0.3 is 5.32 Å². The number of nitrogens with one attached hydrogen (secondary N) is 1. The lowest BCUT2D eigenvalue weighted by atomic mass is 9.83. The standard InChI is InChI=1S/C27H24N4OS/c1-16-4-2-3-5-17(16)11-23(32)18-7-9-22-24(12-18)33-27-25(22)26(29-15-30-27)31-21-8-6-19-13-28-14-20(19)10-21/h2-6,8,10,14-15,18H,7,9,11-13H2,1H3,(H,29,30,31). The number of benzene rings is 2. The molecule has 0 bridgehead atoms. The van der Waals surface area contributed by atoms with Gasteiger partial charge in [0, 0.05) is 29.1 Å². The SMILES string of the molecule is Cc1ccccc1CC(=O)C1CCc2c(sc3ncnc(Nc4ccc5c(c4)C=NC5)c23)C1. The van der Waals surface area contributed by atoms with Crippen molar-refractivity contribution in [1.29, 1.82) is 0 Å². The molecule has 0 saturated heterocycles. The molecule has 33 heavy (non-hydrogen) atoms. The molecule has 1 atom stereocenters. The molecular weight excluding hydrogens is 428 g/mol. The van der Waals surface area contributed by atoms with Crippen molar-refractivity contribution in [3.8, 4) is 0 Å². The fraction of sp³-hybridized carbons (Fsp3) is 0.259. The predicted octanol–water partition coefficient (Wildman–Crippen LogP) is 5.59. The first kappa shape index (κ1) is 20.2. The molecule has 1 aliphatic heterocycles. The first-order chi connectivity index (χ1) is 16.2. The Morgan fingerprint density at radius 2 is 2.09 bits per heavy atom. The van der Waals surface area contributed by atoms with Gasteiger partial charge in [0.2, 0.25) is 0 Å². The molecule has 2 aromatic heterocycles. The molecule has 2 aromatic carbocycles. The van der Waals surface area contributed by atoms with Gasteiger partial charge in [0.15, 0.2) is 0 Å². The topological polar surface area (TPSA) is 67.2 Å². The Morgan fingerprint density at radius 3 is 3.00 bits per heavy atom. The molecule has 1 unspecified atom stereocenters. The van der Waals surface area contributed by atoms with Gasteiger partial charge in [0.25, 0.3) is 0 Å². The van der Waals surface area contributed by atoms with Gasteiger partial charge in [-0.2, -0.15) is 0 Å². The lowest BCUT2D eigenvalue weighted by Gasteiger charge is -2.22. The highest BCUT2D eigenvalue weighted by Gasteiger charge is 2.29. The molecule has 0 amide bonds. The molecule has 4 aromatic rings. The first-order valence-electron chi connectivity index (χ1n) is 11.4. The lowest BCUT2D eigenvalue weighted by Crippen LogP contribution is -2.23. The van der Waals surface area contributed by atoms with E-state index >= 15 is 0 Å². The van der Waals surface area contributed by atoms with Crippen molar-refractivity contribution < 1.29 is 4.79 Å². The molecule has 3 heterocycles. The number of aliphatic imine (C=N–C) groups is 1. The molecule has 0 spiro atoms. The van der Waals surface area contributed by atoms with E-state index in [4.69, 9.17) is 0 Å². The van der Waals surface area contributed by atoms with E-state index in [2.05, 4.69) is 57.5 Å². The Morgan fingerprint density at radius 1 is 1.18 bits per heavy atom. The van der Waals surface area contributed by atoms with Crippen LogP contribution in [-0.2, 0) is 30.6 Å². The quantitative estimate of drug-likeness (QED) is 0.428. The highest BCUT2D eigenvalue weighted by molar-refractivity contribution is 7.19. The van der Waals surface area contributed by atoms with Gasteiger partial charge in [-0.05, 0) is 66.1 Å². The van der Waals surface area contributed by atoms with Crippen molar-refractivity contribution in [2.75, 3.05) is 5.32 Å². The summed E-state index contributed by atoms with van der Waals surface area (Å²) in [5.41, 5.74) is 7.05. The Labute approximate surface area is 196 Å². The van der Waals surface area contributed by atoms with E-state index in [0.717, 1.165) is 58.7 Å². The number of Topliss-reactive ketones (excluding diaryl/α,β-unsaturated/α-hetero) is 1. The van der Waals surface area contributed by atoms with Gasteiger partial charge in [-0.3, -0.25) is 9.79 Å². The molecule has 2 aliphatic rings. The number of carbonyl (C=O) groups is 1. The van der Waals surface area contributed by atoms with Crippen LogP contribution in [0.4, 0.5) is 11.5 Å². The van der Waals surface area contributed by atoms with E-state index in [1.807, 2.05) is 18.3 Å². The van der Waals surface area contributed by atoms with Crippen LogP contribution in [0, 0.1) is 12.8 Å². The molecule has 0 radical (unpaired) electrons. The van der Waals surface area contributed by atoms with Crippen LogP contribution in [0.3, 0.4) is 0 Å². The third kappa shape index (κ3) is 3.74. The molecular formula is C27H24N4OS. The minimum Gasteiger partial charge on any atom is -0.340 e. The van der Waals surface area contributed by atoms with E-state index in [9.17, 15) is 4.79 Å². The van der Waals surface area contributed by atoms with Gasteiger partial charge in [-0.15, -0.1) is 11.3 Å². The van der Waals surface area contributed by atoms with Crippen LogP contribution in [-0.4, -0.2) is 22.0 Å². The second kappa shape index (κ2) is 8.19. The Hall–Kier alpha value is -3.38. The van der Waals surface area contributed by atoms with Gasteiger partial charge >= 0.3 is 0 Å². The smallest absolute Gasteiger partial charge is 0.142 e. The van der Waals surface area contributed by atoms with Crippen molar-refractivity contribution in [3.05, 3.63) is 81.5 Å². The monoisotopic (exact) mass is 452 g/mol. The maximum Gasteiger partial charge on any atom is 0.142 e. The molecule has 6 heteroatoms. The van der Waals surface area contributed by atoms with Crippen molar-refractivity contribution in [3.63, 3.8) is 0 Å². The third-order valence-corrected chi connectivity index (χ3v) is 7.99. The summed E-state index contributed by atoms with van der Waals surface area (Å²) in [7, 11) is 0. The summed E-state index contributed by atoms with van der Waals surface area (Å²) >= 11 is 1.71. The average Bonchev–Trinajstić information content (AvgIpc) is 3.44. The van der Waals surface area contributed by atoms with Gasteiger partial charge in [-0.25, -0.2) is 9.97 Å². The van der Waals surface area contributed by atoms with Gasteiger partial charge in [0.1, 0.15) is 22.8 Å². The van der Waals surface area contributed by atoms with E-state index in [1.165, 1.54) is 21.6 Å².